The topological polar surface area (TPSA) is 81.2 Å². The highest BCUT2D eigenvalue weighted by Gasteiger charge is 2.23. The molecule has 8 nitrogen and oxygen atoms in total. The third-order valence-corrected chi connectivity index (χ3v) is 6.67. The Hall–Kier alpha value is -3.91. The Balaban J connectivity index is 1.36. The van der Waals surface area contributed by atoms with E-state index in [0.717, 1.165) is 29.7 Å². The van der Waals surface area contributed by atoms with Crippen LogP contribution in [0, 0.1) is 0 Å². The Labute approximate surface area is 216 Å². The van der Waals surface area contributed by atoms with Crippen molar-refractivity contribution in [3.63, 3.8) is 0 Å². The maximum atomic E-state index is 13.7. The van der Waals surface area contributed by atoms with Crippen molar-refractivity contribution in [3.8, 4) is 11.5 Å². The molecule has 0 aliphatic carbocycles. The Morgan fingerprint density at radius 2 is 1.95 bits per heavy atom. The number of pyridine rings is 1. The molecule has 2 saturated heterocycles. The fourth-order valence-corrected chi connectivity index (χ4v) is 4.71. The Bertz CT molecular complexity index is 1230. The zero-order valence-corrected chi connectivity index (χ0v) is 21.0. The molecule has 1 atom stereocenters. The third kappa shape index (κ3) is 5.91. The lowest BCUT2D eigenvalue weighted by Crippen LogP contribution is -2.30. The number of methoxy groups -OCH3 is 1. The normalized spacial score (nSPS) is 17.2. The number of carbonyl (C=O) groups is 2. The molecule has 1 unspecified atom stereocenters. The van der Waals surface area contributed by atoms with Gasteiger partial charge in [0.05, 0.1) is 20.3 Å². The van der Waals surface area contributed by atoms with Crippen molar-refractivity contribution in [2.24, 2.45) is 0 Å². The van der Waals surface area contributed by atoms with E-state index < -0.39 is 0 Å². The monoisotopic (exact) mass is 501 g/mol. The van der Waals surface area contributed by atoms with Gasteiger partial charge in [0.15, 0.2) is 11.5 Å². The second-order valence-corrected chi connectivity index (χ2v) is 9.31. The summed E-state index contributed by atoms with van der Waals surface area (Å²) in [4.78, 5) is 33.5. The van der Waals surface area contributed by atoms with Gasteiger partial charge in [-0.2, -0.15) is 0 Å². The third-order valence-electron chi connectivity index (χ3n) is 6.67. The second-order valence-electron chi connectivity index (χ2n) is 9.31. The van der Waals surface area contributed by atoms with Crippen LogP contribution in [0.1, 0.15) is 40.7 Å². The van der Waals surface area contributed by atoms with Crippen LogP contribution in [0.25, 0.3) is 0 Å². The van der Waals surface area contributed by atoms with E-state index in [1.54, 1.807) is 41.4 Å². The number of amides is 2. The first kappa shape index (κ1) is 24.8. The van der Waals surface area contributed by atoms with Gasteiger partial charge in [-0.25, -0.2) is 0 Å². The summed E-state index contributed by atoms with van der Waals surface area (Å²) in [6, 6.07) is 16.9. The summed E-state index contributed by atoms with van der Waals surface area (Å²) in [7, 11) is 1.61. The number of nitrogens with zero attached hydrogens (tertiary/aromatic N) is 3. The van der Waals surface area contributed by atoms with Gasteiger partial charge in [0.25, 0.3) is 5.91 Å². The summed E-state index contributed by atoms with van der Waals surface area (Å²) in [5, 5.41) is 0. The van der Waals surface area contributed by atoms with Gasteiger partial charge >= 0.3 is 0 Å². The van der Waals surface area contributed by atoms with Crippen LogP contribution in [0.3, 0.4) is 0 Å². The minimum absolute atomic E-state index is 0.0160. The molecule has 3 aromatic rings. The molecule has 2 fully saturated rings. The summed E-state index contributed by atoms with van der Waals surface area (Å²) >= 11 is 0. The molecule has 1 aromatic heterocycles. The zero-order chi connectivity index (χ0) is 25.6. The van der Waals surface area contributed by atoms with Crippen LogP contribution in [0.5, 0.6) is 11.5 Å². The lowest BCUT2D eigenvalue weighted by molar-refractivity contribution is -0.117. The van der Waals surface area contributed by atoms with Gasteiger partial charge in [-0.1, -0.05) is 12.1 Å². The lowest BCUT2D eigenvalue weighted by atomic mass is 10.1. The van der Waals surface area contributed by atoms with Crippen LogP contribution in [0.4, 0.5) is 5.69 Å². The summed E-state index contributed by atoms with van der Waals surface area (Å²) in [5.74, 6) is 1.31. The summed E-state index contributed by atoms with van der Waals surface area (Å²) in [6.45, 7) is 2.77. The number of carbonyl (C=O) groups excluding carboxylic acids is 2. The fourth-order valence-electron chi connectivity index (χ4n) is 4.71. The molecule has 3 heterocycles. The van der Waals surface area contributed by atoms with E-state index in [2.05, 4.69) is 4.98 Å². The van der Waals surface area contributed by atoms with Crippen LogP contribution in [-0.4, -0.2) is 54.7 Å². The van der Waals surface area contributed by atoms with Gasteiger partial charge in [-0.3, -0.25) is 14.6 Å². The molecule has 0 radical (unpaired) electrons. The van der Waals surface area contributed by atoms with Gasteiger partial charge in [0, 0.05) is 56.1 Å². The van der Waals surface area contributed by atoms with Gasteiger partial charge in [0.2, 0.25) is 5.91 Å². The second kappa shape index (κ2) is 11.4. The van der Waals surface area contributed by atoms with Gasteiger partial charge < -0.3 is 24.0 Å². The first-order valence-electron chi connectivity index (χ1n) is 12.6. The quantitative estimate of drug-likeness (QED) is 0.437. The van der Waals surface area contributed by atoms with Crippen molar-refractivity contribution in [3.05, 3.63) is 83.7 Å². The minimum Gasteiger partial charge on any atom is -0.493 e. The van der Waals surface area contributed by atoms with Gasteiger partial charge in [0.1, 0.15) is 6.10 Å². The Kier molecular flexibility index (Phi) is 7.65. The van der Waals surface area contributed by atoms with Gasteiger partial charge in [-0.05, 0) is 60.0 Å². The molecule has 0 N–H and O–H groups in total. The molecule has 0 saturated carbocycles. The maximum Gasteiger partial charge on any atom is 0.254 e. The zero-order valence-electron chi connectivity index (χ0n) is 21.0. The van der Waals surface area contributed by atoms with Crippen LogP contribution in [0.2, 0.25) is 0 Å². The molecule has 0 spiro atoms. The molecule has 2 aliphatic heterocycles. The van der Waals surface area contributed by atoms with Crippen molar-refractivity contribution >= 4 is 17.5 Å². The van der Waals surface area contributed by atoms with Crippen LogP contribution >= 0.6 is 0 Å². The van der Waals surface area contributed by atoms with Crippen LogP contribution < -0.4 is 14.4 Å². The molecule has 2 aliphatic rings. The van der Waals surface area contributed by atoms with Crippen molar-refractivity contribution in [2.75, 3.05) is 31.8 Å². The van der Waals surface area contributed by atoms with Gasteiger partial charge in [-0.15, -0.1) is 0 Å². The largest absolute Gasteiger partial charge is 0.493 e. The van der Waals surface area contributed by atoms with E-state index in [0.29, 0.717) is 56.3 Å². The summed E-state index contributed by atoms with van der Waals surface area (Å²) in [5.41, 5.74) is 3.24. The van der Waals surface area contributed by atoms with Crippen molar-refractivity contribution in [1.82, 2.24) is 9.88 Å². The van der Waals surface area contributed by atoms with E-state index in [4.69, 9.17) is 14.2 Å². The number of rotatable bonds is 9. The standard InChI is InChI=1S/C29H31N3O5/c1-35-27-16-21(6-11-26(27)37-25-12-15-36-20-25)18-31(19-22-4-2-13-30-17-22)29(34)23-7-9-24(10-8-23)32-14-3-5-28(32)33/h2,4,6-11,13,16-17,25H,3,5,12,14-15,18-20H2,1H3. The summed E-state index contributed by atoms with van der Waals surface area (Å²) < 4.78 is 17.1. The molecule has 0 bridgehead atoms. The van der Waals surface area contributed by atoms with Crippen molar-refractivity contribution in [2.45, 2.75) is 38.5 Å². The molecule has 192 valence electrons. The van der Waals surface area contributed by atoms with E-state index in [1.807, 2.05) is 42.5 Å². The number of benzene rings is 2. The number of ether oxygens (including phenoxy) is 3. The van der Waals surface area contributed by atoms with Crippen molar-refractivity contribution < 1.29 is 23.8 Å². The number of hydrogen-bond acceptors (Lipinski definition) is 6. The number of aromatic nitrogens is 1. The predicted octanol–water partition coefficient (Wildman–Crippen LogP) is 4.23. The highest BCUT2D eigenvalue weighted by molar-refractivity contribution is 5.97. The van der Waals surface area contributed by atoms with E-state index in [9.17, 15) is 9.59 Å². The van der Waals surface area contributed by atoms with Crippen LogP contribution in [-0.2, 0) is 22.6 Å². The van der Waals surface area contributed by atoms with E-state index in [1.165, 1.54) is 0 Å². The SMILES string of the molecule is COc1cc(CN(Cc2cccnc2)C(=O)c2ccc(N3CCCC3=O)cc2)ccc1OC1CCOC1. The highest BCUT2D eigenvalue weighted by atomic mass is 16.6. The van der Waals surface area contributed by atoms with E-state index >= 15 is 0 Å². The smallest absolute Gasteiger partial charge is 0.254 e. The first-order chi connectivity index (χ1) is 18.1. The molecule has 2 amide bonds. The lowest BCUT2D eigenvalue weighted by Gasteiger charge is -2.24. The van der Waals surface area contributed by atoms with E-state index in [-0.39, 0.29) is 17.9 Å². The Morgan fingerprint density at radius 1 is 1.11 bits per heavy atom. The first-order valence-corrected chi connectivity index (χ1v) is 12.6. The molecule has 2 aromatic carbocycles. The number of hydrogen-bond donors (Lipinski definition) is 0. The molecule has 8 heteroatoms. The number of anilines is 1. The molecule has 37 heavy (non-hydrogen) atoms. The minimum atomic E-state index is -0.106. The van der Waals surface area contributed by atoms with Crippen LogP contribution in [0.15, 0.2) is 67.0 Å². The molecular weight excluding hydrogens is 470 g/mol. The van der Waals surface area contributed by atoms with Crippen molar-refractivity contribution in [1.29, 1.82) is 0 Å². The molecular formula is C29H31N3O5. The maximum absolute atomic E-state index is 13.7. The molecule has 5 rings (SSSR count). The summed E-state index contributed by atoms with van der Waals surface area (Å²) in [6.07, 6.45) is 5.78. The average molecular weight is 502 g/mol. The average Bonchev–Trinajstić information content (AvgIpc) is 3.61. The highest BCUT2D eigenvalue weighted by Crippen LogP contribution is 2.31. The Morgan fingerprint density at radius 3 is 2.62 bits per heavy atom. The predicted molar refractivity (Wildman–Crippen MR) is 139 cm³/mol. The fraction of sp³-hybridized carbons (Fsp3) is 0.345.